The van der Waals surface area contributed by atoms with E-state index in [0.717, 1.165) is 24.1 Å². The Morgan fingerprint density at radius 1 is 1.22 bits per heavy atom. The molecule has 1 rings (SSSR count). The Labute approximate surface area is 140 Å². The van der Waals surface area contributed by atoms with Crippen molar-refractivity contribution in [2.24, 2.45) is 11.1 Å². The molecule has 3 nitrogen and oxygen atoms in total. The van der Waals surface area contributed by atoms with E-state index in [-0.39, 0.29) is 5.41 Å². The molecule has 0 amide bonds. The predicted molar refractivity (Wildman–Crippen MR) is 96.9 cm³/mol. The van der Waals surface area contributed by atoms with Gasteiger partial charge in [0.25, 0.3) is 0 Å². The van der Waals surface area contributed by atoms with Gasteiger partial charge in [0.1, 0.15) is 0 Å². The zero-order chi connectivity index (χ0) is 17.6. The second-order valence-corrected chi connectivity index (χ2v) is 6.99. The van der Waals surface area contributed by atoms with E-state index < -0.39 is 5.97 Å². The summed E-state index contributed by atoms with van der Waals surface area (Å²) in [5.74, 6) is -0.932. The van der Waals surface area contributed by atoms with Crippen LogP contribution >= 0.6 is 0 Å². The first kappa shape index (κ1) is 19.0. The lowest BCUT2D eigenvalue weighted by Crippen LogP contribution is -2.24. The van der Waals surface area contributed by atoms with Crippen LogP contribution in [0.5, 0.6) is 0 Å². The minimum Gasteiger partial charge on any atom is -0.478 e. The van der Waals surface area contributed by atoms with E-state index in [1.54, 1.807) is 13.0 Å². The number of rotatable bonds is 5. The smallest absolute Gasteiger partial charge is 0.328 e. The van der Waals surface area contributed by atoms with Crippen molar-refractivity contribution in [3.63, 3.8) is 0 Å². The molecule has 3 heteroatoms. The lowest BCUT2D eigenvalue weighted by molar-refractivity contribution is -0.131. The summed E-state index contributed by atoms with van der Waals surface area (Å²) in [6.07, 6.45) is 12.3. The second-order valence-electron chi connectivity index (χ2n) is 6.99. The van der Waals surface area contributed by atoms with Crippen LogP contribution in [-0.2, 0) is 4.79 Å². The van der Waals surface area contributed by atoms with Gasteiger partial charge in [0, 0.05) is 11.8 Å². The zero-order valence-electron chi connectivity index (χ0n) is 14.9. The summed E-state index contributed by atoms with van der Waals surface area (Å²) in [4.78, 5) is 10.6. The third kappa shape index (κ3) is 5.93. The SMILES string of the molecule is CC1=C(/C(N)=C/C(C)=C/C=C/C(C)=C/C(=O)O)C(C)(C)CCC1. The van der Waals surface area contributed by atoms with Crippen LogP contribution in [0.4, 0.5) is 0 Å². The van der Waals surface area contributed by atoms with Gasteiger partial charge in [-0.3, -0.25) is 0 Å². The lowest BCUT2D eigenvalue weighted by atomic mass is 9.71. The van der Waals surface area contributed by atoms with Gasteiger partial charge in [-0.25, -0.2) is 4.79 Å². The van der Waals surface area contributed by atoms with E-state index in [2.05, 4.69) is 20.8 Å². The minimum atomic E-state index is -0.932. The van der Waals surface area contributed by atoms with E-state index in [1.165, 1.54) is 23.6 Å². The highest BCUT2D eigenvalue weighted by atomic mass is 16.4. The number of aliphatic carboxylic acids is 1. The van der Waals surface area contributed by atoms with Crippen LogP contribution in [0.25, 0.3) is 0 Å². The maximum absolute atomic E-state index is 10.6. The van der Waals surface area contributed by atoms with Gasteiger partial charge in [-0.15, -0.1) is 0 Å². The number of carboxylic acids is 1. The molecule has 0 spiro atoms. The van der Waals surface area contributed by atoms with Crippen molar-refractivity contribution in [2.45, 2.75) is 53.9 Å². The van der Waals surface area contributed by atoms with Crippen LogP contribution in [-0.4, -0.2) is 11.1 Å². The van der Waals surface area contributed by atoms with Crippen LogP contribution in [0.3, 0.4) is 0 Å². The van der Waals surface area contributed by atoms with Crippen molar-refractivity contribution in [1.29, 1.82) is 0 Å². The first-order chi connectivity index (χ1) is 10.6. The molecule has 0 saturated carbocycles. The summed E-state index contributed by atoms with van der Waals surface area (Å²) in [5, 5.41) is 8.67. The van der Waals surface area contributed by atoms with Crippen LogP contribution < -0.4 is 5.73 Å². The van der Waals surface area contributed by atoms with E-state index in [1.807, 2.05) is 25.2 Å². The van der Waals surface area contributed by atoms with Crippen molar-refractivity contribution < 1.29 is 9.90 Å². The number of allylic oxidation sites excluding steroid dienone is 8. The second kappa shape index (κ2) is 8.00. The molecule has 23 heavy (non-hydrogen) atoms. The highest BCUT2D eigenvalue weighted by Gasteiger charge is 2.29. The summed E-state index contributed by atoms with van der Waals surface area (Å²) in [6, 6.07) is 0. The van der Waals surface area contributed by atoms with Gasteiger partial charge < -0.3 is 10.8 Å². The fourth-order valence-electron chi connectivity index (χ4n) is 3.22. The van der Waals surface area contributed by atoms with Gasteiger partial charge >= 0.3 is 5.97 Å². The number of carboxylic acid groups (broad SMARTS) is 1. The average Bonchev–Trinajstić information content (AvgIpc) is 2.35. The number of carbonyl (C=O) groups is 1. The molecule has 0 bridgehead atoms. The molecule has 0 atom stereocenters. The van der Waals surface area contributed by atoms with Gasteiger partial charge in [-0.1, -0.05) is 37.6 Å². The summed E-state index contributed by atoms with van der Waals surface area (Å²) >= 11 is 0. The van der Waals surface area contributed by atoms with Gasteiger partial charge in [0.15, 0.2) is 0 Å². The molecule has 3 N–H and O–H groups in total. The molecule has 0 fully saturated rings. The van der Waals surface area contributed by atoms with Gasteiger partial charge in [0.2, 0.25) is 0 Å². The molecule has 0 aliphatic heterocycles. The fraction of sp³-hybridized carbons (Fsp3) is 0.450. The maximum atomic E-state index is 10.6. The highest BCUT2D eigenvalue weighted by molar-refractivity contribution is 5.81. The maximum Gasteiger partial charge on any atom is 0.328 e. The largest absolute Gasteiger partial charge is 0.478 e. The molecule has 0 unspecified atom stereocenters. The van der Waals surface area contributed by atoms with Crippen molar-refractivity contribution in [2.75, 3.05) is 0 Å². The van der Waals surface area contributed by atoms with Crippen LogP contribution in [0.15, 0.2) is 58.4 Å². The molecule has 0 aromatic rings. The first-order valence-electron chi connectivity index (χ1n) is 8.07. The molecule has 1 aliphatic carbocycles. The molecule has 0 radical (unpaired) electrons. The summed E-state index contributed by atoms with van der Waals surface area (Å²) < 4.78 is 0. The van der Waals surface area contributed by atoms with E-state index in [4.69, 9.17) is 10.8 Å². The van der Waals surface area contributed by atoms with Crippen molar-refractivity contribution in [3.8, 4) is 0 Å². The Bertz CT molecular complexity index is 614. The van der Waals surface area contributed by atoms with Gasteiger partial charge in [0.05, 0.1) is 0 Å². The van der Waals surface area contributed by atoms with Crippen molar-refractivity contribution in [1.82, 2.24) is 0 Å². The molecule has 126 valence electrons. The molecular weight excluding hydrogens is 286 g/mol. The van der Waals surface area contributed by atoms with E-state index in [9.17, 15) is 4.79 Å². The zero-order valence-corrected chi connectivity index (χ0v) is 14.9. The number of hydrogen-bond donors (Lipinski definition) is 2. The quantitative estimate of drug-likeness (QED) is 0.561. The Balaban J connectivity index is 2.95. The van der Waals surface area contributed by atoms with Crippen molar-refractivity contribution in [3.05, 3.63) is 58.4 Å². The van der Waals surface area contributed by atoms with Crippen molar-refractivity contribution >= 4 is 5.97 Å². The van der Waals surface area contributed by atoms with Crippen LogP contribution in [0, 0.1) is 5.41 Å². The molecule has 1 aliphatic rings. The standard InChI is InChI=1S/C20H29NO2/c1-14(8-6-9-15(2)13-18(22)23)12-17(21)19-16(3)10-7-11-20(19,4)5/h6,8-9,12-13H,7,10-11,21H2,1-5H3,(H,22,23)/b9-6+,14-8+,15-13+,17-12-. The monoisotopic (exact) mass is 315 g/mol. The Morgan fingerprint density at radius 3 is 2.43 bits per heavy atom. The minimum absolute atomic E-state index is 0.125. The topological polar surface area (TPSA) is 63.3 Å². The number of hydrogen-bond acceptors (Lipinski definition) is 2. The molecule has 0 aromatic heterocycles. The number of nitrogens with two attached hydrogens (primary N) is 1. The lowest BCUT2D eigenvalue weighted by Gasteiger charge is -2.34. The molecule has 0 saturated heterocycles. The average molecular weight is 315 g/mol. The van der Waals surface area contributed by atoms with E-state index >= 15 is 0 Å². The summed E-state index contributed by atoms with van der Waals surface area (Å²) in [6.45, 7) is 10.4. The Kier molecular flexibility index (Phi) is 6.62. The fourth-order valence-corrected chi connectivity index (χ4v) is 3.22. The van der Waals surface area contributed by atoms with E-state index in [0.29, 0.717) is 5.57 Å². The predicted octanol–water partition coefficient (Wildman–Crippen LogP) is 4.89. The Morgan fingerprint density at radius 2 is 1.87 bits per heavy atom. The third-order valence-electron chi connectivity index (χ3n) is 4.20. The van der Waals surface area contributed by atoms with Crippen LogP contribution in [0.2, 0.25) is 0 Å². The molecular formula is C20H29NO2. The summed E-state index contributed by atoms with van der Waals surface area (Å²) in [7, 11) is 0. The van der Waals surface area contributed by atoms with Gasteiger partial charge in [-0.2, -0.15) is 0 Å². The highest BCUT2D eigenvalue weighted by Crippen LogP contribution is 2.42. The Hall–Kier alpha value is -2.03. The van der Waals surface area contributed by atoms with Gasteiger partial charge in [-0.05, 0) is 68.2 Å². The summed E-state index contributed by atoms with van der Waals surface area (Å²) in [5.41, 5.74) is 11.7. The first-order valence-corrected chi connectivity index (χ1v) is 8.07. The third-order valence-corrected chi connectivity index (χ3v) is 4.20. The van der Waals surface area contributed by atoms with Crippen LogP contribution in [0.1, 0.15) is 53.9 Å². The molecule has 0 heterocycles. The molecule has 0 aromatic carbocycles. The normalized spacial score (nSPS) is 20.3.